The van der Waals surface area contributed by atoms with E-state index in [0.29, 0.717) is 5.39 Å². The fourth-order valence-electron chi connectivity index (χ4n) is 2.54. The second-order valence-corrected chi connectivity index (χ2v) is 5.59. The van der Waals surface area contributed by atoms with Gasteiger partial charge in [-0.25, -0.2) is 0 Å². The fraction of sp³-hybridized carbons (Fsp3) is 0.412. The molecule has 0 bridgehead atoms. The number of rotatable bonds is 5. The van der Waals surface area contributed by atoms with E-state index < -0.39 is 0 Å². The van der Waals surface area contributed by atoms with Gasteiger partial charge in [0.25, 0.3) is 0 Å². The zero-order chi connectivity index (χ0) is 15.4. The number of fused-ring (bicyclic) bond motifs is 1. The standard InChI is InChI=1S/C17H22N2O2/c1-4-5-13(3)18-17(21)11-19-9-8-16(20)14-10-12(2)6-7-15(14)19/h6-10,13H,4-5,11H2,1-3H3,(H,18,21)/t13-/m0/s1. The summed E-state index contributed by atoms with van der Waals surface area (Å²) < 4.78 is 1.82. The molecule has 0 fully saturated rings. The molecule has 0 spiro atoms. The number of hydrogen-bond acceptors (Lipinski definition) is 2. The summed E-state index contributed by atoms with van der Waals surface area (Å²) in [7, 11) is 0. The van der Waals surface area contributed by atoms with Crippen molar-refractivity contribution in [2.75, 3.05) is 0 Å². The third kappa shape index (κ3) is 3.72. The average Bonchev–Trinajstić information content (AvgIpc) is 2.42. The highest BCUT2D eigenvalue weighted by molar-refractivity contribution is 5.82. The van der Waals surface area contributed by atoms with E-state index in [1.807, 2.05) is 36.6 Å². The van der Waals surface area contributed by atoms with Gasteiger partial charge in [0, 0.05) is 23.7 Å². The minimum atomic E-state index is -0.0264. The summed E-state index contributed by atoms with van der Waals surface area (Å²) in [4.78, 5) is 24.0. The van der Waals surface area contributed by atoms with Gasteiger partial charge < -0.3 is 9.88 Å². The summed E-state index contributed by atoms with van der Waals surface area (Å²) in [5.74, 6) is -0.0264. The largest absolute Gasteiger partial charge is 0.352 e. The molecule has 1 aromatic carbocycles. The molecule has 0 unspecified atom stereocenters. The fourth-order valence-corrected chi connectivity index (χ4v) is 2.54. The molecular formula is C17H22N2O2. The first kappa shape index (κ1) is 15.3. The topological polar surface area (TPSA) is 51.1 Å². The van der Waals surface area contributed by atoms with Crippen LogP contribution in [0, 0.1) is 6.92 Å². The third-order valence-corrected chi connectivity index (χ3v) is 3.58. The average molecular weight is 286 g/mol. The van der Waals surface area contributed by atoms with Gasteiger partial charge >= 0.3 is 0 Å². The highest BCUT2D eigenvalue weighted by atomic mass is 16.2. The Morgan fingerprint density at radius 2 is 2.10 bits per heavy atom. The monoisotopic (exact) mass is 286 g/mol. The Labute approximate surface area is 124 Å². The first-order chi connectivity index (χ1) is 10.0. The molecule has 4 nitrogen and oxygen atoms in total. The summed E-state index contributed by atoms with van der Waals surface area (Å²) >= 11 is 0. The molecule has 0 saturated heterocycles. The molecule has 1 heterocycles. The van der Waals surface area contributed by atoms with Crippen molar-refractivity contribution < 1.29 is 4.79 Å². The number of hydrogen-bond donors (Lipinski definition) is 1. The van der Waals surface area contributed by atoms with Gasteiger partial charge in [0.2, 0.25) is 5.91 Å². The summed E-state index contributed by atoms with van der Waals surface area (Å²) in [5.41, 5.74) is 1.83. The van der Waals surface area contributed by atoms with Crippen LogP contribution in [-0.4, -0.2) is 16.5 Å². The van der Waals surface area contributed by atoms with Crippen LogP contribution in [0.5, 0.6) is 0 Å². The van der Waals surface area contributed by atoms with Crippen molar-refractivity contribution >= 4 is 16.8 Å². The lowest BCUT2D eigenvalue weighted by atomic mass is 10.1. The minimum Gasteiger partial charge on any atom is -0.352 e. The van der Waals surface area contributed by atoms with E-state index in [0.717, 1.165) is 23.9 Å². The van der Waals surface area contributed by atoms with Gasteiger partial charge in [-0.15, -0.1) is 0 Å². The SMILES string of the molecule is CCC[C@H](C)NC(=O)Cn1ccc(=O)c2cc(C)ccc21. The zero-order valence-electron chi connectivity index (χ0n) is 12.8. The van der Waals surface area contributed by atoms with Gasteiger partial charge in [0.15, 0.2) is 5.43 Å². The van der Waals surface area contributed by atoms with Crippen LogP contribution in [0.4, 0.5) is 0 Å². The predicted molar refractivity (Wildman–Crippen MR) is 85.5 cm³/mol. The van der Waals surface area contributed by atoms with Crippen molar-refractivity contribution in [3.8, 4) is 0 Å². The molecule has 2 rings (SSSR count). The normalized spacial score (nSPS) is 12.3. The molecule has 1 amide bonds. The molecular weight excluding hydrogens is 264 g/mol. The summed E-state index contributed by atoms with van der Waals surface area (Å²) in [6.45, 7) is 6.29. The van der Waals surface area contributed by atoms with Gasteiger partial charge in [0.1, 0.15) is 6.54 Å². The van der Waals surface area contributed by atoms with Crippen molar-refractivity contribution in [3.05, 3.63) is 46.2 Å². The van der Waals surface area contributed by atoms with Gasteiger partial charge in [0.05, 0.1) is 5.52 Å². The molecule has 0 radical (unpaired) electrons. The maximum absolute atomic E-state index is 12.1. The molecule has 1 N–H and O–H groups in total. The lowest BCUT2D eigenvalue weighted by molar-refractivity contribution is -0.122. The van der Waals surface area contributed by atoms with Gasteiger partial charge in [-0.1, -0.05) is 25.0 Å². The minimum absolute atomic E-state index is 0.00953. The maximum atomic E-state index is 12.1. The van der Waals surface area contributed by atoms with Gasteiger partial charge in [-0.3, -0.25) is 9.59 Å². The molecule has 4 heteroatoms. The molecule has 0 aliphatic rings. The summed E-state index contributed by atoms with van der Waals surface area (Å²) in [6, 6.07) is 7.41. The number of aryl methyl sites for hydroxylation is 1. The predicted octanol–water partition coefficient (Wildman–Crippen LogP) is 2.61. The van der Waals surface area contributed by atoms with E-state index in [4.69, 9.17) is 0 Å². The first-order valence-electron chi connectivity index (χ1n) is 7.40. The van der Waals surface area contributed by atoms with Crippen LogP contribution in [0.15, 0.2) is 35.3 Å². The van der Waals surface area contributed by atoms with E-state index in [-0.39, 0.29) is 23.9 Å². The smallest absolute Gasteiger partial charge is 0.240 e. The Hall–Kier alpha value is -2.10. The third-order valence-electron chi connectivity index (χ3n) is 3.58. The molecule has 2 aromatic rings. The molecule has 1 aromatic heterocycles. The second-order valence-electron chi connectivity index (χ2n) is 5.59. The highest BCUT2D eigenvalue weighted by Gasteiger charge is 2.09. The van der Waals surface area contributed by atoms with Crippen molar-refractivity contribution in [2.24, 2.45) is 0 Å². The van der Waals surface area contributed by atoms with Crippen LogP contribution in [0.25, 0.3) is 10.9 Å². The van der Waals surface area contributed by atoms with Crippen LogP contribution >= 0.6 is 0 Å². The van der Waals surface area contributed by atoms with Gasteiger partial charge in [-0.2, -0.15) is 0 Å². The summed E-state index contributed by atoms with van der Waals surface area (Å²) in [5, 5.41) is 3.64. The van der Waals surface area contributed by atoms with Crippen LogP contribution in [-0.2, 0) is 11.3 Å². The lowest BCUT2D eigenvalue weighted by Crippen LogP contribution is -2.35. The Morgan fingerprint density at radius 1 is 1.33 bits per heavy atom. The van der Waals surface area contributed by atoms with Crippen LogP contribution < -0.4 is 10.7 Å². The number of benzene rings is 1. The number of carbonyl (C=O) groups is 1. The highest BCUT2D eigenvalue weighted by Crippen LogP contribution is 2.12. The van der Waals surface area contributed by atoms with Crippen LogP contribution in [0.1, 0.15) is 32.3 Å². The van der Waals surface area contributed by atoms with Crippen LogP contribution in [0.2, 0.25) is 0 Å². The van der Waals surface area contributed by atoms with E-state index >= 15 is 0 Å². The summed E-state index contributed by atoms with van der Waals surface area (Å²) in [6.07, 6.45) is 3.70. The first-order valence-corrected chi connectivity index (χ1v) is 7.40. The molecule has 0 aliphatic carbocycles. The van der Waals surface area contributed by atoms with Crippen LogP contribution in [0.3, 0.4) is 0 Å². The Morgan fingerprint density at radius 3 is 2.81 bits per heavy atom. The quantitative estimate of drug-likeness (QED) is 0.918. The number of nitrogens with zero attached hydrogens (tertiary/aromatic N) is 1. The Kier molecular flexibility index (Phi) is 4.78. The molecule has 0 saturated carbocycles. The Bertz CT molecular complexity index is 703. The number of nitrogens with one attached hydrogen (secondary N) is 1. The maximum Gasteiger partial charge on any atom is 0.240 e. The molecule has 1 atom stereocenters. The van der Waals surface area contributed by atoms with Crippen molar-refractivity contribution in [1.82, 2.24) is 9.88 Å². The number of aromatic nitrogens is 1. The van der Waals surface area contributed by atoms with E-state index in [9.17, 15) is 9.59 Å². The van der Waals surface area contributed by atoms with Crippen molar-refractivity contribution in [1.29, 1.82) is 0 Å². The van der Waals surface area contributed by atoms with Crippen molar-refractivity contribution in [2.45, 2.75) is 46.2 Å². The van der Waals surface area contributed by atoms with E-state index in [1.165, 1.54) is 6.07 Å². The number of pyridine rings is 1. The zero-order valence-corrected chi connectivity index (χ0v) is 12.8. The second kappa shape index (κ2) is 6.57. The molecule has 21 heavy (non-hydrogen) atoms. The number of carbonyl (C=O) groups excluding carboxylic acids is 1. The molecule has 0 aliphatic heterocycles. The lowest BCUT2D eigenvalue weighted by Gasteiger charge is -2.15. The Balaban J connectivity index is 2.25. The number of amides is 1. The van der Waals surface area contributed by atoms with E-state index in [2.05, 4.69) is 12.2 Å². The molecule has 112 valence electrons. The van der Waals surface area contributed by atoms with E-state index in [1.54, 1.807) is 6.20 Å². The van der Waals surface area contributed by atoms with Crippen molar-refractivity contribution in [3.63, 3.8) is 0 Å². The van der Waals surface area contributed by atoms with Gasteiger partial charge in [-0.05, 0) is 32.4 Å².